The van der Waals surface area contributed by atoms with Crippen LogP contribution in [0.4, 0.5) is 0 Å². The Bertz CT molecular complexity index is 860. The third-order valence-corrected chi connectivity index (χ3v) is 3.31. The molecule has 0 radical (unpaired) electrons. The van der Waals surface area contributed by atoms with Gasteiger partial charge in [-0.05, 0) is 6.07 Å². The molecule has 3 rings (SSSR count). The SMILES string of the molecule is O=C(O)CC(=O)c1c(-c2ccccc2)nnc2ccccc12. The second-order valence-electron chi connectivity index (χ2n) is 4.80. The molecule has 0 aliphatic heterocycles. The van der Waals surface area contributed by atoms with E-state index in [1.54, 1.807) is 24.3 Å². The average Bonchev–Trinajstić information content (AvgIpc) is 2.54. The molecule has 2 aromatic carbocycles. The fourth-order valence-corrected chi connectivity index (χ4v) is 2.36. The van der Waals surface area contributed by atoms with Gasteiger partial charge in [-0.2, -0.15) is 0 Å². The molecule has 1 aromatic heterocycles. The third-order valence-electron chi connectivity index (χ3n) is 3.31. The molecule has 3 aromatic rings. The zero-order valence-electron chi connectivity index (χ0n) is 11.6. The number of nitrogens with zero attached hydrogens (tertiary/aromatic N) is 2. The van der Waals surface area contributed by atoms with Crippen molar-refractivity contribution < 1.29 is 14.7 Å². The Kier molecular flexibility index (Phi) is 3.62. The first-order valence-electron chi connectivity index (χ1n) is 6.72. The molecule has 5 nitrogen and oxygen atoms in total. The van der Waals surface area contributed by atoms with Gasteiger partial charge in [0.25, 0.3) is 0 Å². The van der Waals surface area contributed by atoms with Gasteiger partial charge in [-0.25, -0.2) is 0 Å². The normalized spacial score (nSPS) is 10.5. The van der Waals surface area contributed by atoms with Crippen molar-refractivity contribution >= 4 is 22.7 Å². The van der Waals surface area contributed by atoms with Crippen LogP contribution in [-0.4, -0.2) is 27.1 Å². The molecule has 0 aliphatic carbocycles. The lowest BCUT2D eigenvalue weighted by molar-refractivity contribution is -0.135. The van der Waals surface area contributed by atoms with Crippen LogP contribution >= 0.6 is 0 Å². The van der Waals surface area contributed by atoms with Gasteiger partial charge < -0.3 is 5.11 Å². The number of carbonyl (C=O) groups excluding carboxylic acids is 1. The molecule has 0 bridgehead atoms. The van der Waals surface area contributed by atoms with E-state index in [9.17, 15) is 9.59 Å². The molecular formula is C17H12N2O3. The molecular weight excluding hydrogens is 280 g/mol. The Morgan fingerprint density at radius 3 is 2.32 bits per heavy atom. The fraction of sp³-hybridized carbons (Fsp3) is 0.0588. The zero-order chi connectivity index (χ0) is 15.5. The van der Waals surface area contributed by atoms with Crippen LogP contribution in [0, 0.1) is 0 Å². The van der Waals surface area contributed by atoms with Crippen LogP contribution in [-0.2, 0) is 4.79 Å². The van der Waals surface area contributed by atoms with Crippen molar-refractivity contribution in [2.24, 2.45) is 0 Å². The number of ketones is 1. The number of carboxylic acids is 1. The largest absolute Gasteiger partial charge is 0.481 e. The minimum atomic E-state index is -1.16. The van der Waals surface area contributed by atoms with Crippen molar-refractivity contribution in [3.05, 3.63) is 60.2 Å². The first-order valence-corrected chi connectivity index (χ1v) is 6.72. The topological polar surface area (TPSA) is 80.1 Å². The number of Topliss-reactive ketones (excluding diaryl/α,β-unsaturated/α-hetero) is 1. The summed E-state index contributed by atoms with van der Waals surface area (Å²) in [4.78, 5) is 23.3. The maximum Gasteiger partial charge on any atom is 0.311 e. The summed E-state index contributed by atoms with van der Waals surface area (Å²) in [5, 5.41) is 17.8. The van der Waals surface area contributed by atoms with Gasteiger partial charge in [0.15, 0.2) is 5.78 Å². The van der Waals surface area contributed by atoms with Crippen molar-refractivity contribution in [3.63, 3.8) is 0 Å². The highest BCUT2D eigenvalue weighted by molar-refractivity contribution is 6.15. The van der Waals surface area contributed by atoms with Crippen LogP contribution in [0.2, 0.25) is 0 Å². The average molecular weight is 292 g/mol. The van der Waals surface area contributed by atoms with E-state index in [2.05, 4.69) is 10.2 Å². The lowest BCUT2D eigenvalue weighted by Gasteiger charge is -2.09. The summed E-state index contributed by atoms with van der Waals surface area (Å²) < 4.78 is 0. The van der Waals surface area contributed by atoms with Crippen molar-refractivity contribution in [3.8, 4) is 11.3 Å². The highest BCUT2D eigenvalue weighted by Crippen LogP contribution is 2.27. The number of hydrogen-bond donors (Lipinski definition) is 1. The summed E-state index contributed by atoms with van der Waals surface area (Å²) in [6.07, 6.45) is -0.574. The molecule has 22 heavy (non-hydrogen) atoms. The van der Waals surface area contributed by atoms with E-state index in [0.717, 1.165) is 5.56 Å². The Morgan fingerprint density at radius 1 is 0.909 bits per heavy atom. The summed E-state index contributed by atoms with van der Waals surface area (Å²) in [6.45, 7) is 0. The number of aromatic nitrogens is 2. The molecule has 0 amide bonds. The monoisotopic (exact) mass is 292 g/mol. The predicted octanol–water partition coefficient (Wildman–Crippen LogP) is 2.95. The van der Waals surface area contributed by atoms with Crippen LogP contribution in [0.1, 0.15) is 16.8 Å². The van der Waals surface area contributed by atoms with E-state index in [1.165, 1.54) is 0 Å². The molecule has 0 saturated heterocycles. The van der Waals surface area contributed by atoms with Crippen LogP contribution < -0.4 is 0 Å². The molecule has 0 fully saturated rings. The van der Waals surface area contributed by atoms with E-state index in [4.69, 9.17) is 5.11 Å². The lowest BCUT2D eigenvalue weighted by atomic mass is 9.97. The summed E-state index contributed by atoms with van der Waals surface area (Å²) in [5.74, 6) is -1.64. The minimum absolute atomic E-state index is 0.305. The maximum absolute atomic E-state index is 12.4. The first kappa shape index (κ1) is 13.9. The number of aliphatic carboxylic acids is 1. The van der Waals surface area contributed by atoms with Crippen LogP contribution in [0.25, 0.3) is 22.2 Å². The van der Waals surface area contributed by atoms with Gasteiger partial charge in [0, 0.05) is 10.9 Å². The van der Waals surface area contributed by atoms with Gasteiger partial charge in [-0.1, -0.05) is 48.5 Å². The van der Waals surface area contributed by atoms with E-state index >= 15 is 0 Å². The van der Waals surface area contributed by atoms with E-state index < -0.39 is 18.2 Å². The molecule has 0 aliphatic rings. The molecule has 0 atom stereocenters. The number of rotatable bonds is 4. The van der Waals surface area contributed by atoms with Crippen molar-refractivity contribution in [2.75, 3.05) is 0 Å². The van der Waals surface area contributed by atoms with Crippen molar-refractivity contribution in [2.45, 2.75) is 6.42 Å². The number of carboxylic acid groups (broad SMARTS) is 1. The summed E-state index contributed by atoms with van der Waals surface area (Å²) >= 11 is 0. The van der Waals surface area contributed by atoms with E-state index in [-0.39, 0.29) is 0 Å². The predicted molar refractivity (Wildman–Crippen MR) is 81.6 cm³/mol. The Labute approximate surface area is 126 Å². The number of fused-ring (bicyclic) bond motifs is 1. The number of hydrogen-bond acceptors (Lipinski definition) is 4. The minimum Gasteiger partial charge on any atom is -0.481 e. The highest BCUT2D eigenvalue weighted by atomic mass is 16.4. The van der Waals surface area contributed by atoms with E-state index in [1.807, 2.05) is 30.3 Å². The number of carbonyl (C=O) groups is 2. The summed E-state index contributed by atoms with van der Waals surface area (Å²) in [6, 6.07) is 16.2. The van der Waals surface area contributed by atoms with Gasteiger partial charge in [0.2, 0.25) is 0 Å². The first-order chi connectivity index (χ1) is 10.7. The molecule has 108 valence electrons. The Morgan fingerprint density at radius 2 is 1.59 bits per heavy atom. The van der Waals surface area contributed by atoms with Crippen LogP contribution in [0.15, 0.2) is 54.6 Å². The molecule has 0 spiro atoms. The van der Waals surface area contributed by atoms with Gasteiger partial charge in [-0.3, -0.25) is 9.59 Å². The van der Waals surface area contributed by atoms with E-state index in [0.29, 0.717) is 22.2 Å². The third kappa shape index (κ3) is 2.56. The Hall–Kier alpha value is -3.08. The van der Waals surface area contributed by atoms with Crippen LogP contribution in [0.5, 0.6) is 0 Å². The fourth-order valence-electron chi connectivity index (χ4n) is 2.36. The Balaban J connectivity index is 2.28. The second kappa shape index (κ2) is 5.73. The second-order valence-corrected chi connectivity index (χ2v) is 4.80. The molecule has 0 unspecified atom stereocenters. The lowest BCUT2D eigenvalue weighted by Crippen LogP contribution is -2.11. The molecule has 1 N–H and O–H groups in total. The smallest absolute Gasteiger partial charge is 0.311 e. The molecule has 1 heterocycles. The maximum atomic E-state index is 12.4. The molecule has 5 heteroatoms. The van der Waals surface area contributed by atoms with Gasteiger partial charge >= 0.3 is 5.97 Å². The summed E-state index contributed by atoms with van der Waals surface area (Å²) in [5.41, 5.74) is 2.01. The quantitative estimate of drug-likeness (QED) is 0.590. The van der Waals surface area contributed by atoms with Crippen molar-refractivity contribution in [1.29, 1.82) is 0 Å². The van der Waals surface area contributed by atoms with Crippen LogP contribution in [0.3, 0.4) is 0 Å². The van der Waals surface area contributed by atoms with Crippen molar-refractivity contribution in [1.82, 2.24) is 10.2 Å². The summed E-state index contributed by atoms with van der Waals surface area (Å²) in [7, 11) is 0. The van der Waals surface area contributed by atoms with Gasteiger partial charge in [-0.15, -0.1) is 10.2 Å². The standard InChI is InChI=1S/C17H12N2O3/c20-14(10-15(21)22)16-12-8-4-5-9-13(12)18-19-17(16)11-6-2-1-3-7-11/h1-9H,10H2,(H,21,22). The number of benzene rings is 2. The molecule has 0 saturated carbocycles. The highest BCUT2D eigenvalue weighted by Gasteiger charge is 2.20. The zero-order valence-corrected chi connectivity index (χ0v) is 11.6. The van der Waals surface area contributed by atoms with Gasteiger partial charge in [0.1, 0.15) is 12.1 Å². The van der Waals surface area contributed by atoms with Gasteiger partial charge in [0.05, 0.1) is 11.1 Å².